The highest BCUT2D eigenvalue weighted by Gasteiger charge is 2.39. The predicted molar refractivity (Wildman–Crippen MR) is 151 cm³/mol. The van der Waals surface area contributed by atoms with Crippen molar-refractivity contribution in [1.29, 1.82) is 5.26 Å². The highest BCUT2D eigenvalue weighted by molar-refractivity contribution is 7.91. The molecule has 0 saturated carbocycles. The third-order valence-corrected chi connectivity index (χ3v) is 8.93. The number of nitriles is 1. The van der Waals surface area contributed by atoms with Gasteiger partial charge in [-0.1, -0.05) is 19.1 Å². The Bertz CT molecular complexity index is 1700. The van der Waals surface area contributed by atoms with Gasteiger partial charge in [0.2, 0.25) is 5.95 Å². The Morgan fingerprint density at radius 3 is 2.17 bits per heavy atom. The van der Waals surface area contributed by atoms with E-state index in [1.165, 1.54) is 36.1 Å². The summed E-state index contributed by atoms with van der Waals surface area (Å²) in [6.07, 6.45) is -8.90. The van der Waals surface area contributed by atoms with Crippen LogP contribution in [-0.2, 0) is 26.5 Å². The Balaban J connectivity index is 1.50. The standard InChI is InChI=1S/C29H27F6N5O6S/c1-2-47(43,44)24-9-5-19(6-10-24)27(42,11-12-36)39-25(41)18-14-37-26(38-15-18)40-16-23(13-21(40)17-45-29(33,34)35)46-22-7-3-20(4-8-22)28(30,31)32/h3-10,14-15,21,23,42H,2,11,13,16-17H2,1H3,(H,39,41)/t21?,23-,27+/m1/s1. The summed E-state index contributed by atoms with van der Waals surface area (Å²) in [4.78, 5) is 22.5. The van der Waals surface area contributed by atoms with E-state index in [4.69, 9.17) is 4.74 Å². The third-order valence-electron chi connectivity index (χ3n) is 7.18. The Hall–Kier alpha value is -4.47. The number of aliphatic hydroxyl groups is 1. The molecule has 3 aromatic rings. The van der Waals surface area contributed by atoms with Crippen LogP contribution in [0.15, 0.2) is 65.8 Å². The number of benzene rings is 2. The number of amides is 1. The lowest BCUT2D eigenvalue weighted by Gasteiger charge is -2.28. The number of hydrogen-bond donors (Lipinski definition) is 2. The van der Waals surface area contributed by atoms with Crippen molar-refractivity contribution < 1.29 is 54.1 Å². The predicted octanol–water partition coefficient (Wildman–Crippen LogP) is 4.34. The Labute approximate surface area is 264 Å². The maximum atomic E-state index is 13.0. The highest BCUT2D eigenvalue weighted by Crippen LogP contribution is 2.32. The molecular formula is C29H27F6N5O6S. The molecule has 2 aromatic carbocycles. The van der Waals surface area contributed by atoms with E-state index >= 15 is 0 Å². The first-order valence-electron chi connectivity index (χ1n) is 13.8. The topological polar surface area (TPSA) is 155 Å². The van der Waals surface area contributed by atoms with Crippen molar-refractivity contribution in [2.75, 3.05) is 23.8 Å². The molecule has 0 aliphatic carbocycles. The number of rotatable bonds is 11. The monoisotopic (exact) mass is 687 g/mol. The van der Waals surface area contributed by atoms with Crippen molar-refractivity contribution in [3.05, 3.63) is 77.6 Å². The van der Waals surface area contributed by atoms with Crippen LogP contribution in [0.1, 0.15) is 41.3 Å². The van der Waals surface area contributed by atoms with Gasteiger partial charge in [0.05, 0.1) is 53.5 Å². The number of carbonyl (C=O) groups is 1. The van der Waals surface area contributed by atoms with Crippen LogP contribution in [0, 0.1) is 11.3 Å². The van der Waals surface area contributed by atoms with E-state index in [1.807, 2.05) is 0 Å². The molecule has 2 N–H and O–H groups in total. The second-order valence-corrected chi connectivity index (χ2v) is 12.7. The molecule has 18 heteroatoms. The van der Waals surface area contributed by atoms with Crippen molar-refractivity contribution >= 4 is 21.7 Å². The average molecular weight is 688 g/mol. The molecule has 2 heterocycles. The third kappa shape index (κ3) is 8.87. The fourth-order valence-electron chi connectivity index (χ4n) is 4.75. The molecule has 3 atom stereocenters. The zero-order valence-corrected chi connectivity index (χ0v) is 25.2. The van der Waals surface area contributed by atoms with Gasteiger partial charge in [-0.25, -0.2) is 18.4 Å². The van der Waals surface area contributed by atoms with Crippen LogP contribution in [0.3, 0.4) is 0 Å². The number of alkyl halides is 6. The minimum absolute atomic E-state index is 0.0173. The fraction of sp³-hybridized carbons (Fsp3) is 0.379. The first kappa shape index (κ1) is 35.4. The van der Waals surface area contributed by atoms with Crippen molar-refractivity contribution in [3.8, 4) is 11.8 Å². The van der Waals surface area contributed by atoms with E-state index in [0.717, 1.165) is 36.7 Å². The largest absolute Gasteiger partial charge is 0.522 e. The van der Waals surface area contributed by atoms with Gasteiger partial charge >= 0.3 is 12.5 Å². The van der Waals surface area contributed by atoms with Crippen molar-refractivity contribution in [2.45, 2.75) is 55.1 Å². The van der Waals surface area contributed by atoms with Gasteiger partial charge in [0.25, 0.3) is 5.91 Å². The normalized spacial score (nSPS) is 18.3. The van der Waals surface area contributed by atoms with Crippen LogP contribution < -0.4 is 15.0 Å². The maximum absolute atomic E-state index is 13.0. The number of halogens is 6. The van der Waals surface area contributed by atoms with Crippen LogP contribution in [0.4, 0.5) is 32.3 Å². The number of nitrogens with one attached hydrogen (secondary N) is 1. The summed E-state index contributed by atoms with van der Waals surface area (Å²) in [5.41, 5.74) is -3.33. The van der Waals surface area contributed by atoms with E-state index in [1.54, 1.807) is 6.07 Å². The van der Waals surface area contributed by atoms with Gasteiger partial charge in [-0.05, 0) is 36.4 Å². The number of sulfone groups is 1. The van der Waals surface area contributed by atoms with E-state index in [9.17, 15) is 49.9 Å². The van der Waals surface area contributed by atoms with Crippen molar-refractivity contribution in [3.63, 3.8) is 0 Å². The summed E-state index contributed by atoms with van der Waals surface area (Å²) >= 11 is 0. The lowest BCUT2D eigenvalue weighted by molar-refractivity contribution is -0.325. The zero-order chi connectivity index (χ0) is 34.6. The van der Waals surface area contributed by atoms with E-state index in [2.05, 4.69) is 20.0 Å². The van der Waals surface area contributed by atoms with E-state index < -0.39 is 64.7 Å². The second kappa shape index (κ2) is 13.7. The molecule has 11 nitrogen and oxygen atoms in total. The fourth-order valence-corrected chi connectivity index (χ4v) is 5.64. The van der Waals surface area contributed by atoms with Gasteiger partial charge in [0.1, 0.15) is 11.9 Å². The molecule has 0 bridgehead atoms. The molecule has 0 radical (unpaired) electrons. The quantitative estimate of drug-likeness (QED) is 0.220. The summed E-state index contributed by atoms with van der Waals surface area (Å²) in [5, 5.41) is 22.7. The number of aromatic nitrogens is 2. The van der Waals surface area contributed by atoms with Gasteiger partial charge in [-0.3, -0.25) is 9.53 Å². The summed E-state index contributed by atoms with van der Waals surface area (Å²) in [5.74, 6) is -1.15. The lowest BCUT2D eigenvalue weighted by atomic mass is 9.99. The summed E-state index contributed by atoms with van der Waals surface area (Å²) < 4.78 is 111. The molecule has 1 aliphatic rings. The van der Waals surface area contributed by atoms with Crippen molar-refractivity contribution in [2.24, 2.45) is 0 Å². The van der Waals surface area contributed by atoms with Gasteiger partial charge in [-0.15, -0.1) is 13.2 Å². The SMILES string of the molecule is CCS(=O)(=O)c1ccc([C@@](O)(CC#N)NC(=O)c2cnc(N3C[C@H](Oc4ccc(C(F)(F)F)cc4)CC3COC(F)(F)F)nc2)cc1. The molecule has 1 aromatic heterocycles. The number of carbonyl (C=O) groups excluding carboxylic acids is 1. The minimum Gasteiger partial charge on any atom is -0.489 e. The molecule has 252 valence electrons. The number of hydrogen-bond acceptors (Lipinski definition) is 10. The highest BCUT2D eigenvalue weighted by atomic mass is 32.2. The Morgan fingerprint density at radius 2 is 1.64 bits per heavy atom. The molecule has 1 unspecified atom stereocenters. The van der Waals surface area contributed by atoms with Crippen LogP contribution >= 0.6 is 0 Å². The Morgan fingerprint density at radius 1 is 1.04 bits per heavy atom. The lowest BCUT2D eigenvalue weighted by Crippen LogP contribution is -2.45. The van der Waals surface area contributed by atoms with Crippen LogP contribution in [0.25, 0.3) is 0 Å². The minimum atomic E-state index is -4.95. The maximum Gasteiger partial charge on any atom is 0.522 e. The molecular weight excluding hydrogens is 660 g/mol. The van der Waals surface area contributed by atoms with Crippen LogP contribution in [0.2, 0.25) is 0 Å². The summed E-state index contributed by atoms with van der Waals surface area (Å²) in [6.45, 7) is 0.532. The zero-order valence-electron chi connectivity index (χ0n) is 24.4. The average Bonchev–Trinajstić information content (AvgIpc) is 3.42. The molecule has 0 spiro atoms. The van der Waals surface area contributed by atoms with Gasteiger partial charge in [0, 0.05) is 24.4 Å². The van der Waals surface area contributed by atoms with E-state index in [0.29, 0.717) is 0 Å². The molecule has 47 heavy (non-hydrogen) atoms. The van der Waals surface area contributed by atoms with E-state index in [-0.39, 0.29) is 46.4 Å². The van der Waals surface area contributed by atoms with Crippen LogP contribution in [-0.4, -0.2) is 66.8 Å². The van der Waals surface area contributed by atoms with Crippen molar-refractivity contribution in [1.82, 2.24) is 15.3 Å². The van der Waals surface area contributed by atoms with Gasteiger partial charge < -0.3 is 20.1 Å². The first-order chi connectivity index (χ1) is 21.9. The molecule has 1 amide bonds. The first-order valence-corrected chi connectivity index (χ1v) is 15.5. The number of anilines is 1. The Kier molecular flexibility index (Phi) is 10.3. The summed E-state index contributed by atoms with van der Waals surface area (Å²) in [6, 6.07) is 9.52. The molecule has 1 saturated heterocycles. The second-order valence-electron chi connectivity index (χ2n) is 10.4. The molecule has 4 rings (SSSR count). The number of nitrogens with zero attached hydrogens (tertiary/aromatic N) is 4. The van der Waals surface area contributed by atoms with Gasteiger partial charge in [0.15, 0.2) is 15.6 Å². The molecule has 1 aliphatic heterocycles. The van der Waals surface area contributed by atoms with Gasteiger partial charge in [-0.2, -0.15) is 18.4 Å². The number of ether oxygens (including phenoxy) is 2. The smallest absolute Gasteiger partial charge is 0.489 e. The summed E-state index contributed by atoms with van der Waals surface area (Å²) in [7, 11) is -3.55. The van der Waals surface area contributed by atoms with Crippen LogP contribution in [0.5, 0.6) is 5.75 Å². The molecule has 1 fully saturated rings.